The molecule has 9 nitrogen and oxygen atoms in total. The Morgan fingerprint density at radius 2 is 0.667 bits per heavy atom. The highest BCUT2D eigenvalue weighted by molar-refractivity contribution is 5.70. The smallest absolute Gasteiger partial charge is 0.306 e. The Morgan fingerprint density at radius 3 is 1.00 bits per heavy atom. The van der Waals surface area contributed by atoms with Gasteiger partial charge in [0.05, 0.1) is 40.3 Å². The van der Waals surface area contributed by atoms with Crippen LogP contribution in [0.2, 0.25) is 0 Å². The number of nitrogens with zero attached hydrogens (tertiary/aromatic N) is 1. The zero-order valence-corrected chi connectivity index (χ0v) is 51.1. The SMILES string of the molecule is CC/C=C\C/C=C\C/C=C\C/C=C\C/C=C\C/C=C\C/C=C\C/C=C\C/C=C\C/C=C\CCCCCCC(=O)OC(COC(=O)CCCC/C=C\C/C=C\C/C=C\C/C=C\C/C=C\C/C=C\CC)COC(OCC[N+](C)(C)C)C(=O)[O-]. The quantitative estimate of drug-likeness (QED) is 0.0195. The number of carbonyl (C=O) groups is 3. The van der Waals surface area contributed by atoms with Gasteiger partial charge in [0.15, 0.2) is 12.4 Å². The number of hydrogen-bond acceptors (Lipinski definition) is 8. The van der Waals surface area contributed by atoms with Gasteiger partial charge in [-0.2, -0.15) is 0 Å². The molecule has 2 unspecified atom stereocenters. The number of quaternary nitrogens is 1. The summed E-state index contributed by atoms with van der Waals surface area (Å²) in [5, 5.41) is 11.8. The van der Waals surface area contributed by atoms with Crippen LogP contribution >= 0.6 is 0 Å². The fourth-order valence-corrected chi connectivity index (χ4v) is 7.21. The number of carboxylic acids is 1. The summed E-state index contributed by atoms with van der Waals surface area (Å²) in [5.74, 6) is -2.41. The second-order valence-electron chi connectivity index (χ2n) is 20.5. The van der Waals surface area contributed by atoms with Crippen LogP contribution in [0.25, 0.3) is 0 Å². The van der Waals surface area contributed by atoms with E-state index in [-0.39, 0.29) is 32.7 Å². The van der Waals surface area contributed by atoms with E-state index in [9.17, 15) is 19.5 Å². The molecular weight excluding hydrogens is 1010 g/mol. The lowest BCUT2D eigenvalue weighted by Gasteiger charge is -2.26. The lowest BCUT2D eigenvalue weighted by atomic mass is 10.1. The van der Waals surface area contributed by atoms with Crippen LogP contribution in [0.1, 0.15) is 181 Å². The third kappa shape index (κ3) is 61.6. The van der Waals surface area contributed by atoms with E-state index in [1.54, 1.807) is 0 Å². The maximum atomic E-state index is 12.9. The number of allylic oxidation sites excluding steroid dienone is 32. The molecule has 0 amide bonds. The zero-order valence-electron chi connectivity index (χ0n) is 51.1. The molecule has 81 heavy (non-hydrogen) atoms. The molecule has 0 N–H and O–H groups in total. The lowest BCUT2D eigenvalue weighted by Crippen LogP contribution is -2.44. The maximum absolute atomic E-state index is 12.9. The highest BCUT2D eigenvalue weighted by atomic mass is 16.7. The number of unbranched alkanes of at least 4 members (excludes halogenated alkanes) is 6. The van der Waals surface area contributed by atoms with E-state index < -0.39 is 30.3 Å². The van der Waals surface area contributed by atoms with Gasteiger partial charge in [-0.15, -0.1) is 0 Å². The van der Waals surface area contributed by atoms with Crippen molar-refractivity contribution >= 4 is 17.9 Å². The second-order valence-corrected chi connectivity index (χ2v) is 20.5. The number of hydrogen-bond donors (Lipinski definition) is 0. The van der Waals surface area contributed by atoms with E-state index in [0.717, 1.165) is 141 Å². The van der Waals surface area contributed by atoms with Crippen molar-refractivity contribution in [1.29, 1.82) is 0 Å². The number of rotatable bonds is 53. The van der Waals surface area contributed by atoms with Gasteiger partial charge in [0.25, 0.3) is 0 Å². The highest BCUT2D eigenvalue weighted by Crippen LogP contribution is 2.11. The molecule has 0 heterocycles. The molecule has 0 aliphatic heterocycles. The molecule has 0 fully saturated rings. The van der Waals surface area contributed by atoms with E-state index in [4.69, 9.17) is 18.9 Å². The third-order valence-corrected chi connectivity index (χ3v) is 11.8. The van der Waals surface area contributed by atoms with E-state index in [1.807, 2.05) is 21.1 Å². The van der Waals surface area contributed by atoms with E-state index in [2.05, 4.69) is 208 Å². The van der Waals surface area contributed by atoms with Crippen LogP contribution in [0.4, 0.5) is 0 Å². The molecular formula is C72H109NO8. The van der Waals surface area contributed by atoms with Gasteiger partial charge in [0.1, 0.15) is 13.2 Å². The molecule has 0 aliphatic rings. The first-order chi connectivity index (χ1) is 39.6. The number of aliphatic carboxylic acids is 1. The molecule has 0 aromatic heterocycles. The molecule has 0 rings (SSSR count). The molecule has 0 radical (unpaired) electrons. The van der Waals surface area contributed by atoms with Crippen LogP contribution in [0.5, 0.6) is 0 Å². The van der Waals surface area contributed by atoms with Gasteiger partial charge in [-0.1, -0.05) is 221 Å². The van der Waals surface area contributed by atoms with Crippen LogP contribution in [-0.2, 0) is 33.3 Å². The Kier molecular flexibility index (Phi) is 55.9. The van der Waals surface area contributed by atoms with Crippen LogP contribution in [0, 0.1) is 0 Å². The summed E-state index contributed by atoms with van der Waals surface area (Å²) >= 11 is 0. The first kappa shape index (κ1) is 75.1. The van der Waals surface area contributed by atoms with Gasteiger partial charge in [0.2, 0.25) is 0 Å². The third-order valence-electron chi connectivity index (χ3n) is 11.8. The minimum Gasteiger partial charge on any atom is -0.545 e. The van der Waals surface area contributed by atoms with Gasteiger partial charge in [-0.05, 0) is 141 Å². The first-order valence-corrected chi connectivity index (χ1v) is 30.6. The number of likely N-dealkylation sites (N-methyl/N-ethyl adjacent to an activating group) is 1. The lowest BCUT2D eigenvalue weighted by molar-refractivity contribution is -0.870. The summed E-state index contributed by atoms with van der Waals surface area (Å²) in [6.07, 6.45) is 90.6. The standard InChI is InChI=1S/C72H109NO8/c1-6-8-10-12-14-16-18-20-22-24-26-28-29-30-31-32-33-34-35-36-37-38-39-40-41-43-45-47-49-51-53-55-57-59-61-63-70(75)81-68(67-80-72(71(76)77)78-65-64-73(3,4)5)66-79-69(74)62-60-58-56-54-52-50-48-46-44-42-27-25-23-21-19-17-15-13-11-9-7-2/h8-11,14-17,20-23,26-28,30-31,33-34,36-37,39-40,42-43,45-46,48-49,51-52,54,68,72H,6-7,12-13,18-19,24-25,29,32,35,38,41,44,47,50,53,55-67H2,1-5H3/b10-8-,11-9-,16-14-,17-15-,22-20-,23-21-,28-26-,31-30-,34-33-,37-36-,40-39-,42-27-,45-43-,48-46-,51-49-,54-52-. The van der Waals surface area contributed by atoms with Crippen LogP contribution in [0.15, 0.2) is 194 Å². The van der Waals surface area contributed by atoms with Crippen molar-refractivity contribution < 1.29 is 42.9 Å². The van der Waals surface area contributed by atoms with E-state index >= 15 is 0 Å². The van der Waals surface area contributed by atoms with Gasteiger partial charge >= 0.3 is 11.9 Å². The van der Waals surface area contributed by atoms with Crippen molar-refractivity contribution in [1.82, 2.24) is 0 Å². The summed E-state index contributed by atoms with van der Waals surface area (Å²) in [4.78, 5) is 37.3. The molecule has 0 saturated heterocycles. The summed E-state index contributed by atoms with van der Waals surface area (Å²) in [6.45, 7) is 4.39. The molecule has 0 spiro atoms. The molecule has 0 bridgehead atoms. The molecule has 2 atom stereocenters. The minimum absolute atomic E-state index is 0.123. The number of carboxylic acid groups (broad SMARTS) is 1. The average Bonchev–Trinajstić information content (AvgIpc) is 3.44. The van der Waals surface area contributed by atoms with E-state index in [0.29, 0.717) is 23.9 Å². The molecule has 0 aromatic carbocycles. The predicted octanol–water partition coefficient (Wildman–Crippen LogP) is 17.3. The molecule has 0 aromatic rings. The topological polar surface area (TPSA) is 111 Å². The number of carbonyl (C=O) groups excluding carboxylic acids is 3. The second kappa shape index (κ2) is 60.2. The Labute approximate surface area is 493 Å². The fraction of sp³-hybridized carbons (Fsp3) is 0.514. The van der Waals surface area contributed by atoms with Gasteiger partial charge in [-0.25, -0.2) is 0 Å². The van der Waals surface area contributed by atoms with Crippen molar-refractivity contribution in [3.05, 3.63) is 194 Å². The molecule has 450 valence electrons. The molecule has 0 aliphatic carbocycles. The van der Waals surface area contributed by atoms with Gasteiger partial charge in [-0.3, -0.25) is 9.59 Å². The van der Waals surface area contributed by atoms with Crippen molar-refractivity contribution in [2.75, 3.05) is 47.5 Å². The normalized spacial score (nSPS) is 14.1. The fourth-order valence-electron chi connectivity index (χ4n) is 7.21. The summed E-state index contributed by atoms with van der Waals surface area (Å²) in [5.41, 5.74) is 0. The Bertz CT molecular complexity index is 2020. The van der Waals surface area contributed by atoms with Crippen molar-refractivity contribution in [3.8, 4) is 0 Å². The molecule has 0 saturated carbocycles. The summed E-state index contributed by atoms with van der Waals surface area (Å²) in [6, 6.07) is 0. The van der Waals surface area contributed by atoms with Crippen molar-refractivity contribution in [2.45, 2.75) is 193 Å². The average molecular weight is 1120 g/mol. The monoisotopic (exact) mass is 1120 g/mol. The Balaban J connectivity index is 4.40. The largest absolute Gasteiger partial charge is 0.545 e. The van der Waals surface area contributed by atoms with Gasteiger partial charge in [0, 0.05) is 12.8 Å². The maximum Gasteiger partial charge on any atom is 0.306 e. The predicted molar refractivity (Wildman–Crippen MR) is 342 cm³/mol. The summed E-state index contributed by atoms with van der Waals surface area (Å²) in [7, 11) is 5.88. The Morgan fingerprint density at radius 1 is 0.370 bits per heavy atom. The highest BCUT2D eigenvalue weighted by Gasteiger charge is 2.22. The van der Waals surface area contributed by atoms with Crippen LogP contribution in [-0.4, -0.2) is 82.3 Å². The zero-order chi connectivity index (χ0) is 59.1. The first-order valence-electron chi connectivity index (χ1n) is 30.6. The number of esters is 2. The summed E-state index contributed by atoms with van der Waals surface area (Å²) < 4.78 is 22.6. The minimum atomic E-state index is -1.65. The number of ether oxygens (including phenoxy) is 4. The van der Waals surface area contributed by atoms with Crippen molar-refractivity contribution in [3.63, 3.8) is 0 Å². The van der Waals surface area contributed by atoms with Crippen LogP contribution < -0.4 is 5.11 Å². The Hall–Kier alpha value is -5.87. The van der Waals surface area contributed by atoms with Gasteiger partial charge < -0.3 is 33.3 Å². The molecule has 9 heteroatoms. The van der Waals surface area contributed by atoms with E-state index in [1.165, 1.54) is 0 Å². The van der Waals surface area contributed by atoms with Crippen LogP contribution in [0.3, 0.4) is 0 Å². The van der Waals surface area contributed by atoms with Crippen molar-refractivity contribution in [2.24, 2.45) is 0 Å².